The second-order valence-corrected chi connectivity index (χ2v) is 5.72. The summed E-state index contributed by atoms with van der Waals surface area (Å²) in [4.78, 5) is 1.44. The van der Waals surface area contributed by atoms with E-state index in [0.29, 0.717) is 12.2 Å². The summed E-state index contributed by atoms with van der Waals surface area (Å²) in [6.45, 7) is 0. The molecule has 2 bridgehead atoms. The van der Waals surface area contributed by atoms with Crippen LogP contribution in [0.25, 0.3) is 0 Å². The summed E-state index contributed by atoms with van der Waals surface area (Å²) in [6, 6.07) is 0. The fourth-order valence-electron chi connectivity index (χ4n) is 3.71. The summed E-state index contributed by atoms with van der Waals surface area (Å²) in [5.74, 6) is 3.22. The van der Waals surface area contributed by atoms with Gasteiger partial charge >= 0.3 is 0 Å². The molecule has 4 atom stereocenters. The smallest absolute Gasteiger partial charge is 0.177 e. The van der Waals surface area contributed by atoms with E-state index in [1.54, 1.807) is 7.05 Å². The molecule has 2 saturated carbocycles. The maximum Gasteiger partial charge on any atom is 0.177 e. The first kappa shape index (κ1) is 11.1. The molecule has 1 aromatic heterocycles. The molecular weight excluding hydrogens is 216 g/mol. The van der Waals surface area contributed by atoms with Gasteiger partial charge in [-0.2, -0.15) is 4.80 Å². The Bertz CT molecular complexity index is 392. The second-order valence-electron chi connectivity index (χ2n) is 5.72. The molecule has 2 aliphatic rings. The van der Waals surface area contributed by atoms with Gasteiger partial charge in [0.2, 0.25) is 0 Å². The molecule has 0 amide bonds. The number of hydrogen-bond donors (Lipinski definition) is 1. The molecule has 1 heterocycles. The highest BCUT2D eigenvalue weighted by atomic mass is 16.3. The zero-order valence-electron chi connectivity index (χ0n) is 10.3. The molecule has 0 saturated heterocycles. The van der Waals surface area contributed by atoms with Gasteiger partial charge in [-0.15, -0.1) is 10.2 Å². The van der Waals surface area contributed by atoms with Crippen LogP contribution < -0.4 is 0 Å². The van der Waals surface area contributed by atoms with E-state index in [1.165, 1.54) is 30.5 Å². The summed E-state index contributed by atoms with van der Waals surface area (Å²) in [6.07, 6.45) is 6.69. The Morgan fingerprint density at radius 2 is 2.29 bits per heavy atom. The normalized spacial score (nSPS) is 33.2. The van der Waals surface area contributed by atoms with E-state index < -0.39 is 0 Å². The minimum absolute atomic E-state index is 0.302. The number of aromatic nitrogens is 4. The number of nitrogens with zero attached hydrogens (tertiary/aromatic N) is 4. The molecule has 1 aromatic rings. The SMILES string of the molecule is Cn1nnc(CC(O)CC2CC3CCC2C3)n1. The van der Waals surface area contributed by atoms with Crippen LogP contribution in [0.15, 0.2) is 0 Å². The van der Waals surface area contributed by atoms with E-state index in [1.807, 2.05) is 0 Å². The lowest BCUT2D eigenvalue weighted by Crippen LogP contribution is -2.20. The summed E-state index contributed by atoms with van der Waals surface area (Å²) in [5.41, 5.74) is 0. The quantitative estimate of drug-likeness (QED) is 0.845. The van der Waals surface area contributed by atoms with Crippen molar-refractivity contribution in [2.75, 3.05) is 0 Å². The fraction of sp³-hybridized carbons (Fsp3) is 0.917. The summed E-state index contributed by atoms with van der Waals surface area (Å²) in [5, 5.41) is 21.9. The van der Waals surface area contributed by atoms with Crippen LogP contribution in [0.2, 0.25) is 0 Å². The van der Waals surface area contributed by atoms with E-state index in [-0.39, 0.29) is 6.10 Å². The van der Waals surface area contributed by atoms with Gasteiger partial charge < -0.3 is 5.11 Å². The Labute approximate surface area is 101 Å². The standard InChI is InChI=1S/C12H20N4O/c1-16-14-12(13-15-16)7-11(17)6-10-5-8-2-3-9(10)4-8/h8-11,17H,2-7H2,1H3. The molecule has 0 aliphatic heterocycles. The molecular formula is C12H20N4O. The Hall–Kier alpha value is -0.970. The molecule has 0 aromatic carbocycles. The molecule has 4 unspecified atom stereocenters. The Balaban J connectivity index is 1.52. The molecule has 5 nitrogen and oxygen atoms in total. The highest BCUT2D eigenvalue weighted by Crippen LogP contribution is 2.49. The van der Waals surface area contributed by atoms with Crippen molar-refractivity contribution in [2.45, 2.75) is 44.6 Å². The topological polar surface area (TPSA) is 63.8 Å². The first-order chi connectivity index (χ1) is 8.20. The van der Waals surface area contributed by atoms with Crippen molar-refractivity contribution in [1.82, 2.24) is 20.2 Å². The van der Waals surface area contributed by atoms with Gasteiger partial charge in [0.05, 0.1) is 13.2 Å². The maximum atomic E-state index is 10.1. The highest BCUT2D eigenvalue weighted by molar-refractivity contribution is 4.92. The number of hydrogen-bond acceptors (Lipinski definition) is 4. The van der Waals surface area contributed by atoms with Crippen LogP contribution in [0.3, 0.4) is 0 Å². The van der Waals surface area contributed by atoms with Crippen molar-refractivity contribution in [2.24, 2.45) is 24.8 Å². The predicted octanol–water partition coefficient (Wildman–Crippen LogP) is 0.940. The van der Waals surface area contributed by atoms with Crippen molar-refractivity contribution < 1.29 is 5.11 Å². The molecule has 17 heavy (non-hydrogen) atoms. The summed E-state index contributed by atoms with van der Waals surface area (Å²) < 4.78 is 0. The van der Waals surface area contributed by atoms with E-state index in [2.05, 4.69) is 15.4 Å². The minimum atomic E-state index is -0.302. The summed E-state index contributed by atoms with van der Waals surface area (Å²) in [7, 11) is 1.75. The minimum Gasteiger partial charge on any atom is -0.393 e. The number of aliphatic hydroxyl groups is 1. The average molecular weight is 236 g/mol. The number of aliphatic hydroxyl groups excluding tert-OH is 1. The Kier molecular flexibility index (Phi) is 2.86. The van der Waals surface area contributed by atoms with Crippen LogP contribution in [0.5, 0.6) is 0 Å². The van der Waals surface area contributed by atoms with Crippen LogP contribution in [-0.2, 0) is 13.5 Å². The van der Waals surface area contributed by atoms with Gasteiger partial charge in [-0.05, 0) is 48.7 Å². The van der Waals surface area contributed by atoms with Gasteiger partial charge in [0.15, 0.2) is 5.82 Å². The average Bonchev–Trinajstić information content (AvgIpc) is 2.95. The zero-order valence-corrected chi connectivity index (χ0v) is 10.3. The lowest BCUT2D eigenvalue weighted by atomic mass is 9.84. The first-order valence-electron chi connectivity index (χ1n) is 6.61. The molecule has 0 radical (unpaired) electrons. The van der Waals surface area contributed by atoms with Crippen LogP contribution in [-0.4, -0.2) is 31.4 Å². The van der Waals surface area contributed by atoms with E-state index in [4.69, 9.17) is 0 Å². The van der Waals surface area contributed by atoms with E-state index in [9.17, 15) is 5.11 Å². The molecule has 3 rings (SSSR count). The lowest BCUT2D eigenvalue weighted by molar-refractivity contribution is 0.123. The zero-order chi connectivity index (χ0) is 11.8. The number of rotatable bonds is 4. The van der Waals surface area contributed by atoms with Crippen LogP contribution in [0.1, 0.15) is 37.9 Å². The van der Waals surface area contributed by atoms with Crippen molar-refractivity contribution in [3.63, 3.8) is 0 Å². The van der Waals surface area contributed by atoms with Gasteiger partial charge in [-0.3, -0.25) is 0 Å². The van der Waals surface area contributed by atoms with Crippen molar-refractivity contribution in [3.8, 4) is 0 Å². The summed E-state index contributed by atoms with van der Waals surface area (Å²) >= 11 is 0. The van der Waals surface area contributed by atoms with E-state index >= 15 is 0 Å². The fourth-order valence-corrected chi connectivity index (χ4v) is 3.71. The van der Waals surface area contributed by atoms with Gasteiger partial charge in [0.1, 0.15) is 0 Å². The Morgan fingerprint density at radius 1 is 1.41 bits per heavy atom. The molecule has 0 spiro atoms. The van der Waals surface area contributed by atoms with Gasteiger partial charge in [0.25, 0.3) is 0 Å². The first-order valence-corrected chi connectivity index (χ1v) is 6.61. The van der Waals surface area contributed by atoms with Gasteiger partial charge in [-0.1, -0.05) is 6.42 Å². The van der Waals surface area contributed by atoms with Crippen LogP contribution >= 0.6 is 0 Å². The third-order valence-electron chi connectivity index (χ3n) is 4.43. The van der Waals surface area contributed by atoms with E-state index in [0.717, 1.165) is 24.2 Å². The number of aryl methyl sites for hydroxylation is 1. The third-order valence-corrected chi connectivity index (χ3v) is 4.43. The van der Waals surface area contributed by atoms with Crippen molar-refractivity contribution in [1.29, 1.82) is 0 Å². The third kappa shape index (κ3) is 2.34. The van der Waals surface area contributed by atoms with Crippen molar-refractivity contribution >= 4 is 0 Å². The number of tetrazole rings is 1. The largest absolute Gasteiger partial charge is 0.393 e. The molecule has 2 aliphatic carbocycles. The highest BCUT2D eigenvalue weighted by Gasteiger charge is 2.39. The molecule has 5 heteroatoms. The predicted molar refractivity (Wildman–Crippen MR) is 62.1 cm³/mol. The van der Waals surface area contributed by atoms with Gasteiger partial charge in [-0.25, -0.2) is 0 Å². The van der Waals surface area contributed by atoms with Crippen molar-refractivity contribution in [3.05, 3.63) is 5.82 Å². The molecule has 94 valence electrons. The molecule has 1 N–H and O–H groups in total. The Morgan fingerprint density at radius 3 is 2.88 bits per heavy atom. The lowest BCUT2D eigenvalue weighted by Gasteiger charge is -2.23. The molecule has 2 fully saturated rings. The van der Waals surface area contributed by atoms with Gasteiger partial charge in [0, 0.05) is 6.42 Å². The maximum absolute atomic E-state index is 10.1. The second kappa shape index (κ2) is 4.37. The monoisotopic (exact) mass is 236 g/mol. The van der Waals surface area contributed by atoms with Crippen LogP contribution in [0.4, 0.5) is 0 Å². The number of fused-ring (bicyclic) bond motifs is 2. The van der Waals surface area contributed by atoms with Crippen LogP contribution in [0, 0.1) is 17.8 Å².